The molecule has 0 aliphatic heterocycles. The van der Waals surface area contributed by atoms with Crippen molar-refractivity contribution < 1.29 is 14.6 Å². The Bertz CT molecular complexity index is 946. The van der Waals surface area contributed by atoms with E-state index in [4.69, 9.17) is 9.47 Å². The molecule has 148 valence electrons. The first-order valence-electron chi connectivity index (χ1n) is 9.74. The van der Waals surface area contributed by atoms with E-state index in [1.54, 1.807) is 7.11 Å². The van der Waals surface area contributed by atoms with Gasteiger partial charge in [0.05, 0.1) is 24.8 Å². The lowest BCUT2D eigenvalue weighted by Gasteiger charge is -2.14. The highest BCUT2D eigenvalue weighted by molar-refractivity contribution is 5.76. The fourth-order valence-corrected chi connectivity index (χ4v) is 3.27. The van der Waals surface area contributed by atoms with Crippen molar-refractivity contribution in [2.75, 3.05) is 13.7 Å². The molecule has 0 saturated carbocycles. The van der Waals surface area contributed by atoms with Gasteiger partial charge in [0.1, 0.15) is 11.9 Å². The predicted octanol–water partition coefficient (Wildman–Crippen LogP) is 4.99. The zero-order valence-corrected chi connectivity index (χ0v) is 16.8. The number of allylic oxidation sites excluding steroid dienone is 1. The van der Waals surface area contributed by atoms with E-state index < -0.39 is 6.10 Å². The van der Waals surface area contributed by atoms with E-state index in [1.807, 2.05) is 68.5 Å². The summed E-state index contributed by atoms with van der Waals surface area (Å²) in [4.78, 5) is 4.62. The lowest BCUT2D eigenvalue weighted by molar-refractivity contribution is 0.158. The number of ether oxygens (including phenoxy) is 2. The number of aliphatic hydroxyl groups is 1. The topological polar surface area (TPSA) is 56.5 Å². The average molecular weight is 380 g/mol. The number of imidazole rings is 1. The number of para-hydroxylation sites is 2. The molecule has 1 heterocycles. The number of aryl methyl sites for hydroxylation is 1. The number of rotatable bonds is 9. The van der Waals surface area contributed by atoms with Gasteiger partial charge < -0.3 is 19.1 Å². The molecule has 3 aromatic rings. The van der Waals surface area contributed by atoms with Gasteiger partial charge in [-0.3, -0.25) is 0 Å². The van der Waals surface area contributed by atoms with Crippen LogP contribution in [0.25, 0.3) is 17.1 Å². The zero-order valence-electron chi connectivity index (χ0n) is 16.8. The number of benzene rings is 2. The van der Waals surface area contributed by atoms with E-state index in [0.29, 0.717) is 13.0 Å². The van der Waals surface area contributed by atoms with Crippen LogP contribution in [0.5, 0.6) is 11.5 Å². The molecule has 1 atom stereocenters. The third kappa shape index (κ3) is 4.37. The second-order valence-electron chi connectivity index (χ2n) is 6.65. The molecule has 0 spiro atoms. The molecule has 5 nitrogen and oxygen atoms in total. The van der Waals surface area contributed by atoms with Gasteiger partial charge in [0.15, 0.2) is 11.5 Å². The maximum atomic E-state index is 10.3. The number of hydrogen-bond donors (Lipinski definition) is 1. The van der Waals surface area contributed by atoms with Gasteiger partial charge in [0.25, 0.3) is 0 Å². The summed E-state index contributed by atoms with van der Waals surface area (Å²) in [5.74, 6) is 2.18. The summed E-state index contributed by atoms with van der Waals surface area (Å²) >= 11 is 0. The summed E-state index contributed by atoms with van der Waals surface area (Å²) in [7, 11) is 1.65. The molecule has 0 saturated heterocycles. The maximum absolute atomic E-state index is 10.3. The van der Waals surface area contributed by atoms with Crippen molar-refractivity contribution in [1.29, 1.82) is 0 Å². The van der Waals surface area contributed by atoms with Crippen molar-refractivity contribution in [2.45, 2.75) is 39.3 Å². The van der Waals surface area contributed by atoms with Crippen LogP contribution < -0.4 is 9.47 Å². The Hall–Kier alpha value is -2.79. The van der Waals surface area contributed by atoms with Crippen LogP contribution in [0.3, 0.4) is 0 Å². The SMILES string of the molecule is C/C=C/c1ccc(OCCCn2c([C@@H](O)CC)nc3ccccc32)c(OC)c1. The highest BCUT2D eigenvalue weighted by Crippen LogP contribution is 2.29. The van der Waals surface area contributed by atoms with Crippen molar-refractivity contribution in [3.05, 3.63) is 59.9 Å². The monoisotopic (exact) mass is 380 g/mol. The van der Waals surface area contributed by atoms with Crippen molar-refractivity contribution in [1.82, 2.24) is 9.55 Å². The molecule has 3 rings (SSSR count). The number of fused-ring (bicyclic) bond motifs is 1. The largest absolute Gasteiger partial charge is 0.493 e. The van der Waals surface area contributed by atoms with Crippen LogP contribution in [0.2, 0.25) is 0 Å². The highest BCUT2D eigenvalue weighted by Gasteiger charge is 2.16. The molecule has 2 aromatic carbocycles. The minimum Gasteiger partial charge on any atom is -0.493 e. The summed E-state index contributed by atoms with van der Waals surface area (Å²) < 4.78 is 13.5. The van der Waals surface area contributed by atoms with Crippen molar-refractivity contribution in [2.24, 2.45) is 0 Å². The Labute approximate surface area is 166 Å². The third-order valence-electron chi connectivity index (χ3n) is 4.70. The summed E-state index contributed by atoms with van der Waals surface area (Å²) in [5, 5.41) is 10.3. The van der Waals surface area contributed by atoms with E-state index in [9.17, 15) is 5.11 Å². The van der Waals surface area contributed by atoms with Crippen LogP contribution >= 0.6 is 0 Å². The van der Waals surface area contributed by atoms with Gasteiger partial charge in [0, 0.05) is 6.54 Å². The Balaban J connectivity index is 1.69. The smallest absolute Gasteiger partial charge is 0.161 e. The van der Waals surface area contributed by atoms with Crippen molar-refractivity contribution >= 4 is 17.1 Å². The molecule has 0 unspecified atom stereocenters. The van der Waals surface area contributed by atoms with Gasteiger partial charge in [0.2, 0.25) is 0 Å². The number of hydrogen-bond acceptors (Lipinski definition) is 4. The van der Waals surface area contributed by atoms with Crippen LogP contribution in [0.15, 0.2) is 48.5 Å². The normalized spacial score (nSPS) is 12.6. The summed E-state index contributed by atoms with van der Waals surface area (Å²) in [6.07, 6.45) is 4.89. The van der Waals surface area contributed by atoms with E-state index in [-0.39, 0.29) is 0 Å². The van der Waals surface area contributed by atoms with Gasteiger partial charge >= 0.3 is 0 Å². The molecule has 1 aromatic heterocycles. The zero-order chi connectivity index (χ0) is 19.9. The third-order valence-corrected chi connectivity index (χ3v) is 4.70. The molecular formula is C23H28N2O3. The molecule has 0 aliphatic rings. The summed E-state index contributed by atoms with van der Waals surface area (Å²) in [6, 6.07) is 13.9. The molecule has 28 heavy (non-hydrogen) atoms. The van der Waals surface area contributed by atoms with Gasteiger partial charge in [-0.25, -0.2) is 4.98 Å². The maximum Gasteiger partial charge on any atom is 0.161 e. The Morgan fingerprint density at radius 3 is 2.75 bits per heavy atom. The molecule has 0 bridgehead atoms. The van der Waals surface area contributed by atoms with Gasteiger partial charge in [-0.1, -0.05) is 37.3 Å². The second kappa shape index (κ2) is 9.42. The first-order chi connectivity index (χ1) is 13.7. The molecular weight excluding hydrogens is 352 g/mol. The van der Waals surface area contributed by atoms with E-state index in [0.717, 1.165) is 46.9 Å². The quantitative estimate of drug-likeness (QED) is 0.531. The Morgan fingerprint density at radius 1 is 1.18 bits per heavy atom. The minimum atomic E-state index is -0.562. The van der Waals surface area contributed by atoms with Crippen LogP contribution in [0.1, 0.15) is 44.2 Å². The van der Waals surface area contributed by atoms with E-state index in [2.05, 4.69) is 9.55 Å². The number of aromatic nitrogens is 2. The summed E-state index contributed by atoms with van der Waals surface area (Å²) in [5.41, 5.74) is 3.03. The van der Waals surface area contributed by atoms with E-state index in [1.165, 1.54) is 0 Å². The number of methoxy groups -OCH3 is 1. The van der Waals surface area contributed by atoms with Crippen LogP contribution in [0, 0.1) is 0 Å². The lowest BCUT2D eigenvalue weighted by atomic mass is 10.2. The fraction of sp³-hybridized carbons (Fsp3) is 0.348. The molecule has 0 aliphatic carbocycles. The number of nitrogens with zero attached hydrogens (tertiary/aromatic N) is 2. The summed E-state index contributed by atoms with van der Waals surface area (Å²) in [6.45, 7) is 5.22. The van der Waals surface area contributed by atoms with Crippen LogP contribution in [0.4, 0.5) is 0 Å². The minimum absolute atomic E-state index is 0.549. The molecule has 0 fully saturated rings. The molecule has 0 radical (unpaired) electrons. The Kier molecular flexibility index (Phi) is 6.71. The number of aliphatic hydroxyl groups excluding tert-OH is 1. The van der Waals surface area contributed by atoms with Crippen molar-refractivity contribution in [3.63, 3.8) is 0 Å². The van der Waals surface area contributed by atoms with Crippen LogP contribution in [-0.2, 0) is 6.54 Å². The predicted molar refractivity (Wildman–Crippen MR) is 113 cm³/mol. The molecule has 1 N–H and O–H groups in total. The van der Waals surface area contributed by atoms with Crippen LogP contribution in [-0.4, -0.2) is 28.4 Å². The molecule has 0 amide bonds. The first-order valence-corrected chi connectivity index (χ1v) is 9.74. The van der Waals surface area contributed by atoms with Gasteiger partial charge in [-0.05, 0) is 49.6 Å². The second-order valence-corrected chi connectivity index (χ2v) is 6.65. The van der Waals surface area contributed by atoms with E-state index >= 15 is 0 Å². The standard InChI is InChI=1S/C23H28N2O3/c1-4-9-17-12-13-21(22(16-17)27-3)28-15-8-14-25-19-11-7-6-10-18(19)24-23(25)20(26)5-2/h4,6-7,9-13,16,20,26H,5,8,14-15H2,1-3H3/b9-4+/t20-/m0/s1. The van der Waals surface area contributed by atoms with Crippen molar-refractivity contribution in [3.8, 4) is 11.5 Å². The average Bonchev–Trinajstić information content (AvgIpc) is 3.10. The lowest BCUT2D eigenvalue weighted by Crippen LogP contribution is -2.11. The first kappa shape index (κ1) is 20.0. The molecule has 5 heteroatoms. The van der Waals surface area contributed by atoms with Gasteiger partial charge in [-0.15, -0.1) is 0 Å². The van der Waals surface area contributed by atoms with Gasteiger partial charge in [-0.2, -0.15) is 0 Å². The fourth-order valence-electron chi connectivity index (χ4n) is 3.27. The highest BCUT2D eigenvalue weighted by atomic mass is 16.5. The Morgan fingerprint density at radius 2 is 2.00 bits per heavy atom.